The summed E-state index contributed by atoms with van der Waals surface area (Å²) >= 11 is 0. The predicted octanol–water partition coefficient (Wildman–Crippen LogP) is 1.71. The first-order valence-corrected chi connectivity index (χ1v) is 6.69. The van der Waals surface area contributed by atoms with Crippen molar-refractivity contribution in [1.29, 1.82) is 0 Å². The van der Waals surface area contributed by atoms with Crippen LogP contribution in [0, 0.1) is 17.0 Å². The summed E-state index contributed by atoms with van der Waals surface area (Å²) < 4.78 is 1.45. The number of nitrogens with zero attached hydrogens (tertiary/aromatic N) is 3. The molecule has 2 atom stereocenters. The molecule has 0 spiro atoms. The maximum absolute atomic E-state index is 11.2. The smallest absolute Gasteiger partial charge is 0.333 e. The van der Waals surface area contributed by atoms with Crippen molar-refractivity contribution in [3.8, 4) is 0 Å². The van der Waals surface area contributed by atoms with Crippen LogP contribution >= 0.6 is 0 Å². The van der Waals surface area contributed by atoms with Gasteiger partial charge in [-0.05, 0) is 18.1 Å². The van der Waals surface area contributed by atoms with E-state index in [0.717, 1.165) is 11.1 Å². The molecule has 0 aliphatic heterocycles. The molecule has 0 saturated carbocycles. The van der Waals surface area contributed by atoms with Crippen molar-refractivity contribution in [1.82, 2.24) is 9.78 Å². The number of nitro groups is 1. The fourth-order valence-electron chi connectivity index (χ4n) is 2.92. The van der Waals surface area contributed by atoms with Crippen LogP contribution in [0.4, 0.5) is 11.5 Å². The summed E-state index contributed by atoms with van der Waals surface area (Å²) in [6.45, 7) is 1.60. The van der Waals surface area contributed by atoms with Crippen LogP contribution < -0.4 is 5.32 Å². The fraction of sp³-hybridized carbons (Fsp3) is 0.357. The molecule has 7 heteroatoms. The van der Waals surface area contributed by atoms with E-state index in [1.54, 1.807) is 14.0 Å². The van der Waals surface area contributed by atoms with Crippen LogP contribution in [0.15, 0.2) is 24.3 Å². The Hall–Kier alpha value is -2.41. The van der Waals surface area contributed by atoms with Crippen molar-refractivity contribution < 1.29 is 10.0 Å². The van der Waals surface area contributed by atoms with Crippen molar-refractivity contribution in [2.75, 3.05) is 5.32 Å². The second kappa shape index (κ2) is 4.85. The van der Waals surface area contributed by atoms with E-state index in [2.05, 4.69) is 10.4 Å². The first-order chi connectivity index (χ1) is 9.99. The van der Waals surface area contributed by atoms with Crippen molar-refractivity contribution in [3.63, 3.8) is 0 Å². The lowest BCUT2D eigenvalue weighted by Crippen LogP contribution is -2.22. The summed E-state index contributed by atoms with van der Waals surface area (Å²) in [6.07, 6.45) is -0.0735. The fourth-order valence-corrected chi connectivity index (χ4v) is 2.92. The van der Waals surface area contributed by atoms with E-state index in [1.807, 2.05) is 24.3 Å². The number of aliphatic hydroxyl groups is 1. The first kappa shape index (κ1) is 13.6. The third kappa shape index (κ3) is 2.15. The summed E-state index contributed by atoms with van der Waals surface area (Å²) in [5.41, 5.74) is 2.34. The van der Waals surface area contributed by atoms with E-state index in [9.17, 15) is 15.2 Å². The Kier molecular flexibility index (Phi) is 3.13. The van der Waals surface area contributed by atoms with E-state index >= 15 is 0 Å². The Morgan fingerprint density at radius 3 is 2.90 bits per heavy atom. The highest BCUT2D eigenvalue weighted by atomic mass is 16.6. The minimum absolute atomic E-state index is 0.0471. The van der Waals surface area contributed by atoms with Gasteiger partial charge in [-0.25, -0.2) is 4.68 Å². The van der Waals surface area contributed by atoms with Gasteiger partial charge in [-0.1, -0.05) is 24.3 Å². The standard InChI is InChI=1S/C14H16N4O3/c1-8-13(18(20)21)14(17(2)16-8)15-12-10-6-4-3-5-9(10)7-11(12)19/h3-6,11-12,15,19H,7H2,1-2H3/t11-,12+/m1/s1. The minimum atomic E-state index is -0.614. The number of aromatic nitrogens is 2. The van der Waals surface area contributed by atoms with E-state index in [1.165, 1.54) is 4.68 Å². The molecule has 0 fully saturated rings. The zero-order valence-corrected chi connectivity index (χ0v) is 11.8. The van der Waals surface area contributed by atoms with Gasteiger partial charge in [0.2, 0.25) is 5.82 Å². The van der Waals surface area contributed by atoms with Gasteiger partial charge >= 0.3 is 5.69 Å². The summed E-state index contributed by atoms with van der Waals surface area (Å²) in [7, 11) is 1.65. The average Bonchev–Trinajstić information content (AvgIpc) is 2.88. The summed E-state index contributed by atoms with van der Waals surface area (Å²) in [6, 6.07) is 7.34. The number of benzene rings is 1. The van der Waals surface area contributed by atoms with Gasteiger partial charge in [0.15, 0.2) is 0 Å². The van der Waals surface area contributed by atoms with E-state index in [4.69, 9.17) is 0 Å². The Labute approximate surface area is 121 Å². The van der Waals surface area contributed by atoms with Crippen LogP contribution in [0.3, 0.4) is 0 Å². The molecule has 1 aliphatic rings. The molecule has 1 aliphatic carbocycles. The Morgan fingerprint density at radius 1 is 1.48 bits per heavy atom. The Morgan fingerprint density at radius 2 is 2.19 bits per heavy atom. The lowest BCUT2D eigenvalue weighted by atomic mass is 10.1. The molecular weight excluding hydrogens is 272 g/mol. The zero-order valence-electron chi connectivity index (χ0n) is 11.8. The van der Waals surface area contributed by atoms with Crippen LogP contribution in [0.2, 0.25) is 0 Å². The van der Waals surface area contributed by atoms with E-state index in [-0.39, 0.29) is 11.7 Å². The number of nitrogens with one attached hydrogen (secondary N) is 1. The number of rotatable bonds is 3. The molecule has 3 rings (SSSR count). The molecule has 0 amide bonds. The minimum Gasteiger partial charge on any atom is -0.390 e. The number of aryl methyl sites for hydroxylation is 2. The second-order valence-corrected chi connectivity index (χ2v) is 5.26. The maximum atomic E-state index is 11.2. The highest BCUT2D eigenvalue weighted by molar-refractivity contribution is 5.61. The molecule has 110 valence electrons. The van der Waals surface area contributed by atoms with Gasteiger partial charge in [0.1, 0.15) is 5.69 Å². The highest BCUT2D eigenvalue weighted by Gasteiger charge is 2.34. The first-order valence-electron chi connectivity index (χ1n) is 6.69. The molecular formula is C14H16N4O3. The normalized spacial score (nSPS) is 20.3. The molecule has 0 bridgehead atoms. The zero-order chi connectivity index (χ0) is 15.1. The molecule has 1 heterocycles. The van der Waals surface area contributed by atoms with Gasteiger partial charge in [-0.15, -0.1) is 0 Å². The number of hydrogen-bond donors (Lipinski definition) is 2. The predicted molar refractivity (Wildman–Crippen MR) is 77.1 cm³/mol. The molecule has 7 nitrogen and oxygen atoms in total. The second-order valence-electron chi connectivity index (χ2n) is 5.26. The number of aliphatic hydroxyl groups excluding tert-OH is 1. The van der Waals surface area contributed by atoms with Crippen LogP contribution in [-0.2, 0) is 13.5 Å². The van der Waals surface area contributed by atoms with Gasteiger partial charge in [0, 0.05) is 13.5 Å². The number of hydrogen-bond acceptors (Lipinski definition) is 5. The molecule has 1 aromatic heterocycles. The third-order valence-electron chi connectivity index (χ3n) is 3.87. The van der Waals surface area contributed by atoms with Crippen LogP contribution in [0.25, 0.3) is 0 Å². The lowest BCUT2D eigenvalue weighted by Gasteiger charge is -2.18. The van der Waals surface area contributed by atoms with Crippen molar-refractivity contribution >= 4 is 11.5 Å². The van der Waals surface area contributed by atoms with Crippen molar-refractivity contribution in [2.24, 2.45) is 7.05 Å². The molecule has 0 radical (unpaired) electrons. The quantitative estimate of drug-likeness (QED) is 0.662. The van der Waals surface area contributed by atoms with Crippen LogP contribution in [-0.4, -0.2) is 25.9 Å². The SMILES string of the molecule is Cc1nn(C)c(N[C@H]2c3ccccc3C[C@H]2O)c1[N+](=O)[O-]. The molecule has 2 N–H and O–H groups in total. The summed E-state index contributed by atoms with van der Waals surface area (Å²) in [5, 5.41) is 28.6. The van der Waals surface area contributed by atoms with E-state index < -0.39 is 11.0 Å². The van der Waals surface area contributed by atoms with Gasteiger partial charge in [0.05, 0.1) is 17.1 Å². The maximum Gasteiger partial charge on any atom is 0.333 e. The van der Waals surface area contributed by atoms with Gasteiger partial charge in [-0.2, -0.15) is 5.10 Å². The Balaban J connectivity index is 2.00. The van der Waals surface area contributed by atoms with Crippen molar-refractivity contribution in [2.45, 2.75) is 25.5 Å². The topological polar surface area (TPSA) is 93.2 Å². The van der Waals surface area contributed by atoms with E-state index in [0.29, 0.717) is 17.9 Å². The van der Waals surface area contributed by atoms with Crippen molar-refractivity contribution in [3.05, 3.63) is 51.2 Å². The lowest BCUT2D eigenvalue weighted by molar-refractivity contribution is -0.384. The average molecular weight is 288 g/mol. The number of anilines is 1. The molecule has 1 aromatic carbocycles. The monoisotopic (exact) mass is 288 g/mol. The largest absolute Gasteiger partial charge is 0.390 e. The van der Waals surface area contributed by atoms with Gasteiger partial charge in [0.25, 0.3) is 0 Å². The molecule has 21 heavy (non-hydrogen) atoms. The summed E-state index contributed by atoms with van der Waals surface area (Å²) in [4.78, 5) is 10.8. The highest BCUT2D eigenvalue weighted by Crippen LogP contribution is 2.37. The van der Waals surface area contributed by atoms with Crippen LogP contribution in [0.5, 0.6) is 0 Å². The molecule has 2 aromatic rings. The molecule has 0 saturated heterocycles. The van der Waals surface area contributed by atoms with Gasteiger partial charge in [-0.3, -0.25) is 10.1 Å². The number of fused-ring (bicyclic) bond motifs is 1. The molecule has 0 unspecified atom stereocenters. The third-order valence-corrected chi connectivity index (χ3v) is 3.87. The van der Waals surface area contributed by atoms with Gasteiger partial charge < -0.3 is 10.4 Å². The summed E-state index contributed by atoms with van der Waals surface area (Å²) in [5.74, 6) is 0.318. The Bertz CT molecular complexity index is 710. The van der Waals surface area contributed by atoms with Crippen LogP contribution in [0.1, 0.15) is 22.9 Å².